The van der Waals surface area contributed by atoms with Crippen LogP contribution in [0.25, 0.3) is 22.3 Å². The molecular weight excluding hydrogens is 280 g/mol. The smallest absolute Gasteiger partial charge is 0.197 e. The number of hydrogen-bond donors (Lipinski definition) is 2. The van der Waals surface area contributed by atoms with Gasteiger partial charge in [0, 0.05) is 28.8 Å². The predicted octanol–water partition coefficient (Wildman–Crippen LogP) is 3.52. The van der Waals surface area contributed by atoms with Crippen LogP contribution >= 0.6 is 11.6 Å². The molecule has 3 rings (SSSR count). The van der Waals surface area contributed by atoms with Crippen molar-refractivity contribution < 1.29 is 14.6 Å². The summed E-state index contributed by atoms with van der Waals surface area (Å²) in [6, 6.07) is 10.5. The third-order valence-corrected chi connectivity index (χ3v) is 3.18. The van der Waals surface area contributed by atoms with E-state index >= 15 is 0 Å². The summed E-state index contributed by atoms with van der Waals surface area (Å²) >= 11 is 5.81. The van der Waals surface area contributed by atoms with Gasteiger partial charge in [0.2, 0.25) is 0 Å². The lowest BCUT2D eigenvalue weighted by Crippen LogP contribution is -2.00. The van der Waals surface area contributed by atoms with Gasteiger partial charge < -0.3 is 14.6 Å². The third kappa shape index (κ3) is 2.10. The molecule has 0 aliphatic carbocycles. The molecule has 20 heavy (non-hydrogen) atoms. The van der Waals surface area contributed by atoms with Crippen molar-refractivity contribution in [1.29, 1.82) is 0 Å². The molecule has 0 saturated heterocycles. The molecule has 1 aromatic heterocycles. The van der Waals surface area contributed by atoms with E-state index in [1.165, 1.54) is 12.1 Å². The van der Waals surface area contributed by atoms with Gasteiger partial charge in [0.15, 0.2) is 5.43 Å². The molecule has 0 spiro atoms. The first-order valence-electron chi connectivity index (χ1n) is 5.80. The van der Waals surface area contributed by atoms with Crippen molar-refractivity contribution >= 4 is 22.6 Å². The summed E-state index contributed by atoms with van der Waals surface area (Å²) in [5, 5.41) is 19.8. The Kier molecular flexibility index (Phi) is 2.88. The molecule has 1 heterocycles. The highest BCUT2D eigenvalue weighted by Gasteiger charge is 2.11. The van der Waals surface area contributed by atoms with Gasteiger partial charge in [0.05, 0.1) is 0 Å². The van der Waals surface area contributed by atoms with E-state index in [1.54, 1.807) is 24.3 Å². The maximum atomic E-state index is 12.0. The van der Waals surface area contributed by atoms with Gasteiger partial charge in [-0.3, -0.25) is 4.79 Å². The topological polar surface area (TPSA) is 70.7 Å². The minimum atomic E-state index is -0.381. The Labute approximate surface area is 118 Å². The number of fused-ring (bicyclic) bond motifs is 1. The minimum Gasteiger partial charge on any atom is -0.508 e. The standard InChI is InChI=1S/C15H9ClO4/c16-9-3-1-8(2-4-9)13-7-12(19)15-11(18)5-10(17)6-14(15)20-13/h1-7,17-18H. The SMILES string of the molecule is O=c1cc(-c2ccc(Cl)cc2)oc2cc(O)cc(O)c12. The first-order chi connectivity index (χ1) is 9.54. The molecule has 0 unspecified atom stereocenters. The monoisotopic (exact) mass is 288 g/mol. The normalized spacial score (nSPS) is 10.8. The van der Waals surface area contributed by atoms with Crippen molar-refractivity contribution in [2.24, 2.45) is 0 Å². The lowest BCUT2D eigenvalue weighted by Gasteiger charge is -2.05. The molecule has 0 fully saturated rings. The lowest BCUT2D eigenvalue weighted by molar-refractivity contribution is 0.452. The summed E-state index contributed by atoms with van der Waals surface area (Å²) in [4.78, 5) is 12.0. The summed E-state index contributed by atoms with van der Waals surface area (Å²) in [5.41, 5.74) is 0.421. The summed E-state index contributed by atoms with van der Waals surface area (Å²) < 4.78 is 5.57. The van der Waals surface area contributed by atoms with Crippen LogP contribution in [0.1, 0.15) is 0 Å². The molecule has 2 N–H and O–H groups in total. The van der Waals surface area contributed by atoms with Crippen LogP contribution in [0.5, 0.6) is 11.5 Å². The van der Waals surface area contributed by atoms with Gasteiger partial charge in [-0.15, -0.1) is 0 Å². The molecule has 0 radical (unpaired) electrons. The first kappa shape index (κ1) is 12.6. The fourth-order valence-electron chi connectivity index (χ4n) is 2.01. The number of aromatic hydroxyl groups is 2. The van der Waals surface area contributed by atoms with Crippen molar-refractivity contribution in [2.45, 2.75) is 0 Å². The molecule has 4 nitrogen and oxygen atoms in total. The van der Waals surface area contributed by atoms with Crippen LogP contribution < -0.4 is 5.43 Å². The van der Waals surface area contributed by atoms with E-state index in [1.807, 2.05) is 0 Å². The fraction of sp³-hybridized carbons (Fsp3) is 0. The molecular formula is C15H9ClO4. The molecule has 5 heteroatoms. The van der Waals surface area contributed by atoms with Crippen LogP contribution in [-0.4, -0.2) is 10.2 Å². The van der Waals surface area contributed by atoms with Crippen molar-refractivity contribution in [3.63, 3.8) is 0 Å². The van der Waals surface area contributed by atoms with Gasteiger partial charge in [-0.2, -0.15) is 0 Å². The van der Waals surface area contributed by atoms with Gasteiger partial charge in [-0.1, -0.05) is 11.6 Å². The number of phenolic OH excluding ortho intramolecular Hbond substituents is 2. The quantitative estimate of drug-likeness (QED) is 0.718. The number of phenols is 2. The minimum absolute atomic E-state index is 0.0421. The Balaban J connectivity index is 2.29. The van der Waals surface area contributed by atoms with Gasteiger partial charge in [0.25, 0.3) is 0 Å². The zero-order valence-corrected chi connectivity index (χ0v) is 10.9. The zero-order valence-electron chi connectivity index (χ0n) is 10.1. The zero-order chi connectivity index (χ0) is 14.3. The van der Waals surface area contributed by atoms with E-state index in [2.05, 4.69) is 0 Å². The van der Waals surface area contributed by atoms with Crippen LogP contribution in [0, 0.1) is 0 Å². The van der Waals surface area contributed by atoms with Gasteiger partial charge >= 0.3 is 0 Å². The Morgan fingerprint density at radius 2 is 1.70 bits per heavy atom. The summed E-state index contributed by atoms with van der Waals surface area (Å²) in [5.74, 6) is -0.146. The second-order valence-corrected chi connectivity index (χ2v) is 4.76. The van der Waals surface area contributed by atoms with E-state index in [0.29, 0.717) is 16.3 Å². The van der Waals surface area contributed by atoms with Crippen LogP contribution in [0.15, 0.2) is 51.7 Å². The number of halogens is 1. The van der Waals surface area contributed by atoms with E-state index in [0.717, 1.165) is 6.07 Å². The highest BCUT2D eigenvalue weighted by atomic mass is 35.5. The highest BCUT2D eigenvalue weighted by Crippen LogP contribution is 2.30. The first-order valence-corrected chi connectivity index (χ1v) is 6.18. The average molecular weight is 289 g/mol. The molecule has 0 atom stereocenters. The average Bonchev–Trinajstić information content (AvgIpc) is 2.38. The predicted molar refractivity (Wildman–Crippen MR) is 76.3 cm³/mol. The van der Waals surface area contributed by atoms with Crippen LogP contribution in [0.4, 0.5) is 0 Å². The largest absolute Gasteiger partial charge is 0.508 e. The lowest BCUT2D eigenvalue weighted by atomic mass is 10.1. The van der Waals surface area contributed by atoms with E-state index in [-0.39, 0.29) is 27.9 Å². The number of benzene rings is 2. The number of hydrogen-bond acceptors (Lipinski definition) is 4. The Morgan fingerprint density at radius 3 is 2.40 bits per heavy atom. The Morgan fingerprint density at radius 1 is 1.00 bits per heavy atom. The molecule has 0 aliphatic heterocycles. The maximum absolute atomic E-state index is 12.0. The Bertz CT molecular complexity index is 850. The van der Waals surface area contributed by atoms with Crippen LogP contribution in [0.2, 0.25) is 5.02 Å². The number of rotatable bonds is 1. The summed E-state index contributed by atoms with van der Waals surface area (Å²) in [6.07, 6.45) is 0. The van der Waals surface area contributed by atoms with E-state index < -0.39 is 0 Å². The molecule has 0 aliphatic rings. The fourth-order valence-corrected chi connectivity index (χ4v) is 2.14. The van der Waals surface area contributed by atoms with Crippen molar-refractivity contribution in [3.8, 4) is 22.8 Å². The van der Waals surface area contributed by atoms with E-state index in [4.69, 9.17) is 16.0 Å². The maximum Gasteiger partial charge on any atom is 0.197 e. The summed E-state index contributed by atoms with van der Waals surface area (Å²) in [7, 11) is 0. The molecule has 0 bridgehead atoms. The third-order valence-electron chi connectivity index (χ3n) is 2.92. The molecule has 0 amide bonds. The van der Waals surface area contributed by atoms with Gasteiger partial charge in [0.1, 0.15) is 28.2 Å². The second kappa shape index (κ2) is 4.58. The molecule has 3 aromatic rings. The second-order valence-electron chi connectivity index (χ2n) is 4.32. The Hall–Kier alpha value is -2.46. The van der Waals surface area contributed by atoms with Crippen LogP contribution in [0.3, 0.4) is 0 Å². The van der Waals surface area contributed by atoms with Gasteiger partial charge in [-0.25, -0.2) is 0 Å². The van der Waals surface area contributed by atoms with Crippen molar-refractivity contribution in [1.82, 2.24) is 0 Å². The van der Waals surface area contributed by atoms with Crippen molar-refractivity contribution in [2.75, 3.05) is 0 Å². The molecule has 0 saturated carbocycles. The molecule has 2 aromatic carbocycles. The highest BCUT2D eigenvalue weighted by molar-refractivity contribution is 6.30. The van der Waals surface area contributed by atoms with E-state index in [9.17, 15) is 15.0 Å². The van der Waals surface area contributed by atoms with Gasteiger partial charge in [-0.05, 0) is 24.3 Å². The molecule has 100 valence electrons. The van der Waals surface area contributed by atoms with Crippen molar-refractivity contribution in [3.05, 3.63) is 57.7 Å². The van der Waals surface area contributed by atoms with Crippen LogP contribution in [-0.2, 0) is 0 Å². The summed E-state index contributed by atoms with van der Waals surface area (Å²) in [6.45, 7) is 0.